The van der Waals surface area contributed by atoms with E-state index < -0.39 is 0 Å². The molecule has 0 fully saturated rings. The van der Waals surface area contributed by atoms with Crippen LogP contribution in [-0.4, -0.2) is 6.73 Å². The highest BCUT2D eigenvalue weighted by Gasteiger charge is 2.25. The molecule has 0 radical (unpaired) electrons. The highest BCUT2D eigenvalue weighted by Crippen LogP contribution is 2.37. The van der Waals surface area contributed by atoms with E-state index in [4.69, 9.17) is 9.15 Å². The molecule has 1 aliphatic heterocycles. The van der Waals surface area contributed by atoms with Gasteiger partial charge >= 0.3 is 5.63 Å². The molecule has 4 nitrogen and oxygen atoms in total. The lowest BCUT2D eigenvalue weighted by atomic mass is 9.90. The summed E-state index contributed by atoms with van der Waals surface area (Å²) < 4.78 is 11.8. The summed E-state index contributed by atoms with van der Waals surface area (Å²) in [6.45, 7) is 3.28. The van der Waals surface area contributed by atoms with Gasteiger partial charge in [0.25, 0.3) is 0 Å². The predicted octanol–water partition coefficient (Wildman–Crippen LogP) is 4.34. The maximum Gasteiger partial charge on any atom is 0.339 e. The number of hydrogen-bond acceptors (Lipinski definition) is 4. The van der Waals surface area contributed by atoms with Gasteiger partial charge in [-0.05, 0) is 61.9 Å². The number of para-hydroxylation sites is 1. The molecule has 0 amide bonds. The van der Waals surface area contributed by atoms with Crippen molar-refractivity contribution in [1.82, 2.24) is 0 Å². The minimum absolute atomic E-state index is 0.173. The number of nitrogens with zero attached hydrogens (tertiary/aromatic N) is 1. The zero-order valence-electron chi connectivity index (χ0n) is 14.9. The third-order valence-electron chi connectivity index (χ3n) is 5.63. The molecule has 3 aromatic rings. The molecule has 1 aromatic heterocycles. The smallest absolute Gasteiger partial charge is 0.339 e. The number of aryl methyl sites for hydroxylation is 2. The molecule has 0 saturated heterocycles. The van der Waals surface area contributed by atoms with Gasteiger partial charge in [-0.25, -0.2) is 4.79 Å². The Kier molecular flexibility index (Phi) is 3.52. The molecule has 0 unspecified atom stereocenters. The lowest BCUT2D eigenvalue weighted by Crippen LogP contribution is -2.32. The van der Waals surface area contributed by atoms with Crippen molar-refractivity contribution in [3.63, 3.8) is 0 Å². The van der Waals surface area contributed by atoms with E-state index in [2.05, 4.69) is 30.0 Å². The molecule has 0 N–H and O–H groups in total. The summed E-state index contributed by atoms with van der Waals surface area (Å²) >= 11 is 0. The van der Waals surface area contributed by atoms with E-state index >= 15 is 0 Å². The Hall–Kier alpha value is -2.75. The normalized spacial score (nSPS) is 16.1. The molecule has 4 heteroatoms. The van der Waals surface area contributed by atoms with E-state index in [1.54, 1.807) is 0 Å². The van der Waals surface area contributed by atoms with Gasteiger partial charge in [-0.1, -0.05) is 18.2 Å². The van der Waals surface area contributed by atoms with E-state index in [1.165, 1.54) is 11.1 Å². The van der Waals surface area contributed by atoms with E-state index in [-0.39, 0.29) is 5.63 Å². The summed E-state index contributed by atoms with van der Waals surface area (Å²) in [6.07, 6.45) is 3.99. The van der Waals surface area contributed by atoms with E-state index in [0.717, 1.165) is 53.6 Å². The van der Waals surface area contributed by atoms with Crippen LogP contribution >= 0.6 is 0 Å². The van der Waals surface area contributed by atoms with Crippen LogP contribution in [0.2, 0.25) is 0 Å². The number of benzene rings is 2. The zero-order chi connectivity index (χ0) is 17.7. The molecule has 0 atom stereocenters. The Balaban J connectivity index is 1.67. The van der Waals surface area contributed by atoms with E-state index in [1.807, 2.05) is 18.2 Å². The third kappa shape index (κ3) is 2.32. The van der Waals surface area contributed by atoms with Gasteiger partial charge in [-0.15, -0.1) is 0 Å². The quantitative estimate of drug-likeness (QED) is 0.614. The van der Waals surface area contributed by atoms with Crippen molar-refractivity contribution in [2.24, 2.45) is 0 Å². The molecule has 26 heavy (non-hydrogen) atoms. The van der Waals surface area contributed by atoms with Gasteiger partial charge in [0.2, 0.25) is 0 Å². The Morgan fingerprint density at radius 1 is 0.962 bits per heavy atom. The number of anilines is 1. The Morgan fingerprint density at radius 3 is 2.62 bits per heavy atom. The van der Waals surface area contributed by atoms with Gasteiger partial charge in [-0.3, -0.25) is 0 Å². The lowest BCUT2D eigenvalue weighted by molar-refractivity contribution is 0.289. The summed E-state index contributed by atoms with van der Waals surface area (Å²) in [5.41, 5.74) is 5.91. The molecule has 1 aliphatic carbocycles. The molecule has 0 bridgehead atoms. The van der Waals surface area contributed by atoms with Crippen molar-refractivity contribution in [2.75, 3.05) is 11.6 Å². The first-order chi connectivity index (χ1) is 12.7. The molecule has 132 valence electrons. The largest absolute Gasteiger partial charge is 0.473 e. The molecule has 0 saturated carbocycles. The molecule has 5 rings (SSSR count). The second kappa shape index (κ2) is 5.90. The van der Waals surface area contributed by atoms with Gasteiger partial charge in [0, 0.05) is 16.6 Å². The van der Waals surface area contributed by atoms with Crippen LogP contribution in [-0.2, 0) is 19.4 Å². The fourth-order valence-electron chi connectivity index (χ4n) is 4.29. The fourth-order valence-corrected chi connectivity index (χ4v) is 4.29. The average molecular weight is 347 g/mol. The Morgan fingerprint density at radius 2 is 1.77 bits per heavy atom. The molecule has 2 aromatic carbocycles. The van der Waals surface area contributed by atoms with Crippen molar-refractivity contribution < 1.29 is 9.15 Å². The standard InChI is InChI=1S/C22H21NO3/c1-14-6-2-5-9-19(14)23-12-18-20(25-13-23)11-10-16-15-7-3-4-8-17(15)22(24)26-21(16)18/h2,5-6,9-11H,3-4,7-8,12-13H2,1H3. The van der Waals surface area contributed by atoms with Crippen molar-refractivity contribution in [2.45, 2.75) is 39.2 Å². The summed E-state index contributed by atoms with van der Waals surface area (Å²) in [5.74, 6) is 0.821. The van der Waals surface area contributed by atoms with Crippen LogP contribution in [0.4, 0.5) is 5.69 Å². The van der Waals surface area contributed by atoms with E-state index in [9.17, 15) is 4.79 Å². The highest BCUT2D eigenvalue weighted by molar-refractivity contribution is 5.87. The summed E-state index contributed by atoms with van der Waals surface area (Å²) in [5, 5.41) is 1.08. The summed E-state index contributed by atoms with van der Waals surface area (Å²) in [4.78, 5) is 14.7. The van der Waals surface area contributed by atoms with Crippen LogP contribution in [0.25, 0.3) is 11.0 Å². The minimum atomic E-state index is -0.173. The zero-order valence-corrected chi connectivity index (χ0v) is 14.9. The van der Waals surface area contributed by atoms with Gasteiger partial charge in [0.15, 0.2) is 6.73 Å². The van der Waals surface area contributed by atoms with Crippen LogP contribution in [0, 0.1) is 6.92 Å². The Labute approximate surface area is 152 Å². The fraction of sp³-hybridized carbons (Fsp3) is 0.318. The van der Waals surface area contributed by atoms with Crippen molar-refractivity contribution in [3.05, 3.63) is 69.1 Å². The van der Waals surface area contributed by atoms with Gasteiger partial charge < -0.3 is 14.1 Å². The maximum atomic E-state index is 12.5. The predicted molar refractivity (Wildman–Crippen MR) is 102 cm³/mol. The first kappa shape index (κ1) is 15.5. The average Bonchev–Trinajstić information content (AvgIpc) is 2.68. The van der Waals surface area contributed by atoms with Crippen LogP contribution in [0.15, 0.2) is 45.6 Å². The number of hydrogen-bond donors (Lipinski definition) is 0. The minimum Gasteiger partial charge on any atom is -0.473 e. The second-order valence-corrected chi connectivity index (χ2v) is 7.23. The Bertz CT molecular complexity index is 1070. The maximum absolute atomic E-state index is 12.5. The summed E-state index contributed by atoms with van der Waals surface area (Å²) in [6, 6.07) is 12.4. The van der Waals surface area contributed by atoms with Crippen LogP contribution in [0.5, 0.6) is 5.75 Å². The second-order valence-electron chi connectivity index (χ2n) is 7.23. The monoisotopic (exact) mass is 347 g/mol. The van der Waals surface area contributed by atoms with Crippen LogP contribution in [0.1, 0.15) is 35.1 Å². The lowest BCUT2D eigenvalue weighted by Gasteiger charge is -2.32. The van der Waals surface area contributed by atoms with Gasteiger partial charge in [0.1, 0.15) is 11.3 Å². The molecule has 0 spiro atoms. The van der Waals surface area contributed by atoms with E-state index in [0.29, 0.717) is 18.9 Å². The number of ether oxygens (including phenoxy) is 1. The number of fused-ring (bicyclic) bond motifs is 5. The molecular formula is C22H21NO3. The van der Waals surface area contributed by atoms with Gasteiger partial charge in [-0.2, -0.15) is 0 Å². The highest BCUT2D eigenvalue weighted by atomic mass is 16.5. The number of rotatable bonds is 1. The van der Waals surface area contributed by atoms with Crippen LogP contribution < -0.4 is 15.3 Å². The molecule has 2 aliphatic rings. The summed E-state index contributed by atoms with van der Waals surface area (Å²) in [7, 11) is 0. The van der Waals surface area contributed by atoms with Crippen molar-refractivity contribution in [1.29, 1.82) is 0 Å². The van der Waals surface area contributed by atoms with Gasteiger partial charge in [0.05, 0.1) is 12.1 Å². The molecule has 2 heterocycles. The first-order valence-electron chi connectivity index (χ1n) is 9.26. The topological polar surface area (TPSA) is 42.7 Å². The van der Waals surface area contributed by atoms with Crippen LogP contribution in [0.3, 0.4) is 0 Å². The SMILES string of the molecule is Cc1ccccc1N1COc2ccc3c4c(c(=O)oc3c2C1)CCCC4. The third-order valence-corrected chi connectivity index (χ3v) is 5.63. The van der Waals surface area contributed by atoms with Crippen molar-refractivity contribution >= 4 is 16.7 Å². The first-order valence-corrected chi connectivity index (χ1v) is 9.26. The van der Waals surface area contributed by atoms with Crippen molar-refractivity contribution in [3.8, 4) is 5.75 Å². The molecular weight excluding hydrogens is 326 g/mol.